The van der Waals surface area contributed by atoms with Gasteiger partial charge in [-0.25, -0.2) is 0 Å². The van der Waals surface area contributed by atoms with E-state index >= 15 is 0 Å². The Morgan fingerprint density at radius 2 is 1.74 bits per heavy atom. The molecule has 3 heteroatoms. The summed E-state index contributed by atoms with van der Waals surface area (Å²) in [6, 6.07) is 0. The Morgan fingerprint density at radius 3 is 2.11 bits per heavy atom. The Hall–Kier alpha value is -0.380. The monoisotopic (exact) mass is 270 g/mol. The maximum atomic E-state index is 6.05. The van der Waals surface area contributed by atoms with Gasteiger partial charge in [0.15, 0.2) is 0 Å². The minimum atomic E-state index is 0.0505. The van der Waals surface area contributed by atoms with Crippen molar-refractivity contribution in [3.63, 3.8) is 0 Å². The number of nitrogens with one attached hydrogen (secondary N) is 1. The van der Waals surface area contributed by atoms with E-state index in [1.807, 2.05) is 6.92 Å². The minimum Gasteiger partial charge on any atom is -0.376 e. The molecule has 0 aliphatic heterocycles. The van der Waals surface area contributed by atoms with Crippen LogP contribution >= 0.6 is 0 Å². The van der Waals surface area contributed by atoms with Crippen molar-refractivity contribution in [2.24, 2.45) is 17.6 Å². The van der Waals surface area contributed by atoms with Crippen LogP contribution in [-0.2, 0) is 4.74 Å². The molecule has 0 aromatic rings. The molecular weight excluding hydrogens is 236 g/mol. The minimum absolute atomic E-state index is 0.0505. The highest BCUT2D eigenvalue weighted by molar-refractivity contribution is 4.91. The van der Waals surface area contributed by atoms with Crippen LogP contribution in [0.2, 0.25) is 0 Å². The summed E-state index contributed by atoms with van der Waals surface area (Å²) >= 11 is 0. The van der Waals surface area contributed by atoms with Gasteiger partial charge in [0.1, 0.15) is 0 Å². The van der Waals surface area contributed by atoms with Crippen molar-refractivity contribution in [3.05, 3.63) is 12.2 Å². The van der Waals surface area contributed by atoms with Crippen molar-refractivity contribution >= 4 is 0 Å². The van der Waals surface area contributed by atoms with Gasteiger partial charge in [0.25, 0.3) is 0 Å². The molecule has 0 aromatic carbocycles. The number of nitrogens with two attached hydrogens (primary N) is 1. The molecule has 19 heavy (non-hydrogen) atoms. The fraction of sp³-hybridized carbons (Fsp3) is 0.875. The molecule has 0 saturated heterocycles. The second-order valence-electron chi connectivity index (χ2n) is 6.62. The van der Waals surface area contributed by atoms with E-state index in [1.165, 1.54) is 0 Å². The van der Waals surface area contributed by atoms with Gasteiger partial charge in [0, 0.05) is 18.6 Å². The van der Waals surface area contributed by atoms with Crippen LogP contribution in [-0.4, -0.2) is 31.8 Å². The largest absolute Gasteiger partial charge is 0.376 e. The summed E-state index contributed by atoms with van der Waals surface area (Å²) in [4.78, 5) is 0. The van der Waals surface area contributed by atoms with Gasteiger partial charge in [0.2, 0.25) is 0 Å². The van der Waals surface area contributed by atoms with E-state index in [1.54, 1.807) is 0 Å². The summed E-state index contributed by atoms with van der Waals surface area (Å²) in [5.41, 5.74) is 7.16. The summed E-state index contributed by atoms with van der Waals surface area (Å²) < 4.78 is 5.54. The number of ether oxygens (including phenoxy) is 1. The summed E-state index contributed by atoms with van der Waals surface area (Å²) in [6.07, 6.45) is 2.23. The Kier molecular flexibility index (Phi) is 9.32. The van der Waals surface area contributed by atoms with Crippen LogP contribution < -0.4 is 11.1 Å². The molecule has 0 atom stereocenters. The van der Waals surface area contributed by atoms with Crippen molar-refractivity contribution in [3.8, 4) is 0 Å². The van der Waals surface area contributed by atoms with Crippen molar-refractivity contribution < 1.29 is 4.74 Å². The molecule has 0 bridgehead atoms. The van der Waals surface area contributed by atoms with E-state index in [0.29, 0.717) is 31.6 Å². The second kappa shape index (κ2) is 9.51. The molecule has 0 unspecified atom stereocenters. The molecule has 0 aliphatic rings. The van der Waals surface area contributed by atoms with Gasteiger partial charge in [-0.1, -0.05) is 39.8 Å². The van der Waals surface area contributed by atoms with E-state index in [-0.39, 0.29) is 5.54 Å². The molecule has 0 aliphatic carbocycles. The van der Waals surface area contributed by atoms with E-state index in [0.717, 1.165) is 25.0 Å². The van der Waals surface area contributed by atoms with Crippen LogP contribution in [0.1, 0.15) is 47.5 Å². The lowest BCUT2D eigenvalue weighted by Crippen LogP contribution is -2.53. The van der Waals surface area contributed by atoms with Gasteiger partial charge >= 0.3 is 0 Å². The first-order valence-electron chi connectivity index (χ1n) is 7.48. The van der Waals surface area contributed by atoms with Crippen LogP contribution in [0.4, 0.5) is 0 Å². The Bertz CT molecular complexity index is 239. The van der Waals surface area contributed by atoms with Crippen LogP contribution in [0, 0.1) is 11.8 Å². The van der Waals surface area contributed by atoms with Gasteiger partial charge in [-0.2, -0.15) is 0 Å². The molecule has 3 N–H and O–H groups in total. The summed E-state index contributed by atoms with van der Waals surface area (Å²) in [5.74, 6) is 1.29. The van der Waals surface area contributed by atoms with Gasteiger partial charge in [0.05, 0.1) is 13.2 Å². The summed E-state index contributed by atoms with van der Waals surface area (Å²) in [6.45, 7) is 17.7. The highest BCUT2D eigenvalue weighted by Gasteiger charge is 2.29. The maximum Gasteiger partial charge on any atom is 0.0672 e. The zero-order valence-corrected chi connectivity index (χ0v) is 13.6. The normalized spacial score (nSPS) is 12.4. The van der Waals surface area contributed by atoms with Crippen LogP contribution in [0.5, 0.6) is 0 Å². The fourth-order valence-electron chi connectivity index (χ4n) is 2.66. The molecule has 3 nitrogen and oxygen atoms in total. The Balaban J connectivity index is 4.27. The maximum absolute atomic E-state index is 6.05. The number of hydrogen-bond donors (Lipinski definition) is 2. The molecule has 0 heterocycles. The van der Waals surface area contributed by atoms with Crippen LogP contribution in [0.3, 0.4) is 0 Å². The smallest absolute Gasteiger partial charge is 0.0672 e. The lowest BCUT2D eigenvalue weighted by atomic mass is 9.82. The topological polar surface area (TPSA) is 47.3 Å². The first-order valence-corrected chi connectivity index (χ1v) is 7.48. The van der Waals surface area contributed by atoms with Crippen LogP contribution in [0.25, 0.3) is 0 Å². The molecule has 0 fully saturated rings. The Morgan fingerprint density at radius 1 is 1.21 bits per heavy atom. The van der Waals surface area contributed by atoms with E-state index in [2.05, 4.69) is 39.6 Å². The average Bonchev–Trinajstić information content (AvgIpc) is 2.26. The van der Waals surface area contributed by atoms with Crippen LogP contribution in [0.15, 0.2) is 12.2 Å². The molecule has 0 amide bonds. The quantitative estimate of drug-likeness (QED) is 0.448. The molecular formula is C16H34N2O. The third-order valence-electron chi connectivity index (χ3n) is 3.08. The highest BCUT2D eigenvalue weighted by Crippen LogP contribution is 2.24. The number of rotatable bonds is 11. The predicted molar refractivity (Wildman–Crippen MR) is 84.3 cm³/mol. The lowest BCUT2D eigenvalue weighted by molar-refractivity contribution is 0.138. The highest BCUT2D eigenvalue weighted by atomic mass is 16.5. The lowest BCUT2D eigenvalue weighted by Gasteiger charge is -2.37. The van der Waals surface area contributed by atoms with Crippen molar-refractivity contribution in [1.29, 1.82) is 0 Å². The third kappa shape index (κ3) is 9.20. The second-order valence-corrected chi connectivity index (χ2v) is 6.62. The van der Waals surface area contributed by atoms with Gasteiger partial charge in [-0.15, -0.1) is 0 Å². The first-order chi connectivity index (χ1) is 8.81. The van der Waals surface area contributed by atoms with Crippen molar-refractivity contribution in [2.75, 3.05) is 26.3 Å². The molecule has 0 rings (SSSR count). The third-order valence-corrected chi connectivity index (χ3v) is 3.08. The van der Waals surface area contributed by atoms with Gasteiger partial charge in [-0.3, -0.25) is 0 Å². The predicted octanol–water partition coefficient (Wildman–Crippen LogP) is 2.96. The van der Waals surface area contributed by atoms with Gasteiger partial charge < -0.3 is 15.8 Å². The summed E-state index contributed by atoms with van der Waals surface area (Å²) in [7, 11) is 0. The van der Waals surface area contributed by atoms with E-state index in [9.17, 15) is 0 Å². The fourth-order valence-corrected chi connectivity index (χ4v) is 2.66. The standard InChI is InChI=1S/C16H34N2O/c1-13(2)9-16(12-17,10-14(3)4)18-7-8-19-11-15(5)6/h13-14,18H,5,7-12,17H2,1-4,6H3. The summed E-state index contributed by atoms with van der Waals surface area (Å²) in [5, 5.41) is 3.64. The average molecular weight is 270 g/mol. The van der Waals surface area contributed by atoms with Crippen molar-refractivity contribution in [1.82, 2.24) is 5.32 Å². The zero-order valence-electron chi connectivity index (χ0n) is 13.6. The SMILES string of the molecule is C=C(C)COCCNC(CN)(CC(C)C)CC(C)C. The Labute approximate surface area is 120 Å². The van der Waals surface area contributed by atoms with Crippen molar-refractivity contribution in [2.45, 2.75) is 53.0 Å². The molecule has 0 aromatic heterocycles. The first kappa shape index (κ1) is 18.6. The number of hydrogen-bond acceptors (Lipinski definition) is 3. The molecule has 0 spiro atoms. The van der Waals surface area contributed by atoms with E-state index in [4.69, 9.17) is 10.5 Å². The van der Waals surface area contributed by atoms with E-state index < -0.39 is 0 Å². The van der Waals surface area contributed by atoms with Gasteiger partial charge in [-0.05, 0) is 31.6 Å². The molecule has 0 radical (unpaired) electrons. The zero-order chi connectivity index (χ0) is 14.9. The molecule has 114 valence electrons. The molecule has 0 saturated carbocycles.